The van der Waals surface area contributed by atoms with E-state index in [4.69, 9.17) is 9.15 Å². The minimum absolute atomic E-state index is 0.157. The molecule has 0 aliphatic rings. The van der Waals surface area contributed by atoms with E-state index in [9.17, 15) is 4.79 Å². The minimum Gasteiger partial charge on any atom is -0.493 e. The molecule has 2 aromatic rings. The zero-order valence-electron chi connectivity index (χ0n) is 10.4. The van der Waals surface area contributed by atoms with Crippen LogP contribution in [0, 0.1) is 0 Å². The van der Waals surface area contributed by atoms with Gasteiger partial charge in [0.1, 0.15) is 5.76 Å². The van der Waals surface area contributed by atoms with Gasteiger partial charge in [0.25, 0.3) is 0 Å². The predicted molar refractivity (Wildman–Crippen MR) is 66.5 cm³/mol. The van der Waals surface area contributed by atoms with Gasteiger partial charge in [0.2, 0.25) is 0 Å². The first kappa shape index (κ1) is 12.4. The molecule has 0 atom stereocenters. The topological polar surface area (TPSA) is 60.7 Å². The maximum Gasteiger partial charge on any atom is 0.319 e. The van der Waals surface area contributed by atoms with Gasteiger partial charge < -0.3 is 13.9 Å². The van der Waals surface area contributed by atoms with Crippen LogP contribution in [-0.4, -0.2) is 26.7 Å². The first-order valence-corrected chi connectivity index (χ1v) is 5.57. The Hall–Kier alpha value is -2.01. The van der Waals surface area contributed by atoms with Crippen LogP contribution in [0.2, 0.25) is 0 Å². The third-order valence-corrected chi connectivity index (χ3v) is 2.58. The molecule has 2 rings (SSSR count). The van der Waals surface area contributed by atoms with Crippen LogP contribution in [-0.2, 0) is 16.1 Å². The number of furan rings is 1. The highest BCUT2D eigenvalue weighted by molar-refractivity contribution is 5.83. The first-order chi connectivity index (χ1) is 8.74. The Balaban J connectivity index is 2.08. The molecule has 0 spiro atoms. The quantitative estimate of drug-likeness (QED) is 0.817. The van der Waals surface area contributed by atoms with E-state index in [1.165, 1.54) is 7.11 Å². The average Bonchev–Trinajstić information content (AvgIpc) is 2.80. The Labute approximate surface area is 105 Å². The molecule has 0 saturated carbocycles. The number of esters is 1. The Morgan fingerprint density at radius 2 is 2.22 bits per heavy atom. The summed E-state index contributed by atoms with van der Waals surface area (Å²) in [5.74, 6) is 1.15. The summed E-state index contributed by atoms with van der Waals surface area (Å²) in [5.41, 5.74) is 0.717. The number of carbonyl (C=O) groups is 1. The van der Waals surface area contributed by atoms with Crippen molar-refractivity contribution < 1.29 is 18.7 Å². The van der Waals surface area contributed by atoms with E-state index in [-0.39, 0.29) is 12.5 Å². The van der Waals surface area contributed by atoms with E-state index in [1.54, 1.807) is 7.11 Å². The van der Waals surface area contributed by atoms with Gasteiger partial charge >= 0.3 is 5.97 Å². The molecule has 5 heteroatoms. The first-order valence-electron chi connectivity index (χ1n) is 5.57. The van der Waals surface area contributed by atoms with Crippen molar-refractivity contribution in [3.63, 3.8) is 0 Å². The van der Waals surface area contributed by atoms with E-state index in [2.05, 4.69) is 10.1 Å². The summed E-state index contributed by atoms with van der Waals surface area (Å²) in [7, 11) is 2.96. The summed E-state index contributed by atoms with van der Waals surface area (Å²) in [5, 5.41) is 3.92. The lowest BCUT2D eigenvalue weighted by molar-refractivity contribution is -0.139. The lowest BCUT2D eigenvalue weighted by atomic mass is 10.2. The van der Waals surface area contributed by atoms with Gasteiger partial charge in [-0.05, 0) is 12.1 Å². The third-order valence-electron chi connectivity index (χ3n) is 2.58. The van der Waals surface area contributed by atoms with Gasteiger partial charge in [-0.25, -0.2) is 0 Å². The van der Waals surface area contributed by atoms with Crippen molar-refractivity contribution in [1.82, 2.24) is 5.32 Å². The van der Waals surface area contributed by atoms with Gasteiger partial charge in [-0.2, -0.15) is 0 Å². The van der Waals surface area contributed by atoms with Gasteiger partial charge in [-0.3, -0.25) is 10.1 Å². The zero-order valence-corrected chi connectivity index (χ0v) is 10.4. The molecule has 1 aromatic heterocycles. The fraction of sp³-hybridized carbons (Fsp3) is 0.308. The van der Waals surface area contributed by atoms with Gasteiger partial charge in [0, 0.05) is 5.39 Å². The number of nitrogens with one attached hydrogen (secondary N) is 1. The molecule has 0 aliphatic heterocycles. The summed E-state index contributed by atoms with van der Waals surface area (Å²) in [6.45, 7) is 0.623. The van der Waals surface area contributed by atoms with Crippen LogP contribution >= 0.6 is 0 Å². The summed E-state index contributed by atoms with van der Waals surface area (Å²) in [6.07, 6.45) is 0. The molecule has 0 amide bonds. The summed E-state index contributed by atoms with van der Waals surface area (Å²) in [4.78, 5) is 10.9. The highest BCUT2D eigenvalue weighted by Gasteiger charge is 2.08. The Morgan fingerprint density at radius 1 is 1.39 bits per heavy atom. The molecule has 0 unspecified atom stereocenters. The van der Waals surface area contributed by atoms with Crippen LogP contribution in [0.5, 0.6) is 5.75 Å². The lowest BCUT2D eigenvalue weighted by Gasteiger charge is -2.00. The number of fused-ring (bicyclic) bond motifs is 1. The van der Waals surface area contributed by atoms with Crippen LogP contribution < -0.4 is 10.1 Å². The zero-order chi connectivity index (χ0) is 13.0. The molecule has 0 bridgehead atoms. The number of carbonyl (C=O) groups excluding carboxylic acids is 1. The fourth-order valence-electron chi connectivity index (χ4n) is 1.70. The molecule has 1 N–H and O–H groups in total. The van der Waals surface area contributed by atoms with Crippen molar-refractivity contribution in [3.05, 3.63) is 30.0 Å². The second-order valence-corrected chi connectivity index (χ2v) is 3.77. The molecule has 1 heterocycles. The second-order valence-electron chi connectivity index (χ2n) is 3.77. The average molecular weight is 249 g/mol. The van der Waals surface area contributed by atoms with Crippen molar-refractivity contribution in [1.29, 1.82) is 0 Å². The van der Waals surface area contributed by atoms with Crippen LogP contribution in [0.1, 0.15) is 5.76 Å². The number of hydrogen-bond donors (Lipinski definition) is 1. The third kappa shape index (κ3) is 2.62. The Bertz CT molecular complexity index is 547. The highest BCUT2D eigenvalue weighted by atomic mass is 16.5. The predicted octanol–water partition coefficient (Wildman–Crippen LogP) is 1.70. The van der Waals surface area contributed by atoms with Crippen LogP contribution in [0.15, 0.2) is 28.7 Å². The molecular formula is C13H15NO4. The van der Waals surface area contributed by atoms with Gasteiger partial charge in [-0.1, -0.05) is 12.1 Å². The highest BCUT2D eigenvalue weighted by Crippen LogP contribution is 2.28. The molecule has 18 heavy (non-hydrogen) atoms. The minimum atomic E-state index is -0.302. The van der Waals surface area contributed by atoms with Gasteiger partial charge in [0.05, 0.1) is 27.3 Å². The standard InChI is InChI=1S/C13H15NO4/c1-16-11-5-3-4-9-6-10(18-13(9)11)7-14-8-12(15)17-2/h3-6,14H,7-8H2,1-2H3. The Morgan fingerprint density at radius 3 is 2.94 bits per heavy atom. The maximum atomic E-state index is 10.9. The largest absolute Gasteiger partial charge is 0.493 e. The van der Waals surface area contributed by atoms with Gasteiger partial charge in [0.15, 0.2) is 11.3 Å². The second kappa shape index (κ2) is 5.55. The number of rotatable bonds is 5. The SMILES string of the molecule is COC(=O)CNCc1cc2cccc(OC)c2o1. The van der Waals surface area contributed by atoms with Crippen molar-refractivity contribution in [2.45, 2.75) is 6.54 Å². The van der Waals surface area contributed by atoms with Crippen molar-refractivity contribution >= 4 is 16.9 Å². The summed E-state index contributed by atoms with van der Waals surface area (Å²) >= 11 is 0. The normalized spacial score (nSPS) is 10.6. The van der Waals surface area contributed by atoms with E-state index < -0.39 is 0 Å². The molecule has 0 fully saturated rings. The monoisotopic (exact) mass is 249 g/mol. The fourth-order valence-corrected chi connectivity index (χ4v) is 1.70. The molecule has 0 saturated heterocycles. The molecule has 0 radical (unpaired) electrons. The van der Waals surface area contributed by atoms with E-state index in [0.717, 1.165) is 16.7 Å². The molecule has 1 aromatic carbocycles. The number of hydrogen-bond acceptors (Lipinski definition) is 5. The lowest BCUT2D eigenvalue weighted by Crippen LogP contribution is -2.23. The maximum absolute atomic E-state index is 10.9. The molecular weight excluding hydrogens is 234 g/mol. The summed E-state index contributed by atoms with van der Waals surface area (Å²) in [6, 6.07) is 7.62. The van der Waals surface area contributed by atoms with Crippen molar-refractivity contribution in [2.75, 3.05) is 20.8 Å². The number of methoxy groups -OCH3 is 2. The van der Waals surface area contributed by atoms with Crippen molar-refractivity contribution in [3.8, 4) is 5.75 Å². The van der Waals surface area contributed by atoms with E-state index in [0.29, 0.717) is 12.3 Å². The molecule has 5 nitrogen and oxygen atoms in total. The van der Waals surface area contributed by atoms with Crippen LogP contribution in [0.3, 0.4) is 0 Å². The summed E-state index contributed by atoms with van der Waals surface area (Å²) < 4.78 is 15.4. The van der Waals surface area contributed by atoms with E-state index >= 15 is 0 Å². The molecule has 0 aliphatic carbocycles. The van der Waals surface area contributed by atoms with Crippen LogP contribution in [0.4, 0.5) is 0 Å². The van der Waals surface area contributed by atoms with E-state index in [1.807, 2.05) is 24.3 Å². The van der Waals surface area contributed by atoms with Crippen molar-refractivity contribution in [2.24, 2.45) is 0 Å². The molecule has 96 valence electrons. The number of ether oxygens (including phenoxy) is 2. The smallest absolute Gasteiger partial charge is 0.319 e. The van der Waals surface area contributed by atoms with Gasteiger partial charge in [-0.15, -0.1) is 0 Å². The Kier molecular flexibility index (Phi) is 3.84. The number of benzene rings is 1. The van der Waals surface area contributed by atoms with Crippen LogP contribution in [0.25, 0.3) is 11.0 Å². The number of para-hydroxylation sites is 1.